The Morgan fingerprint density at radius 1 is 1.62 bits per heavy atom. The number of rotatable bonds is 6. The van der Waals surface area contributed by atoms with Crippen molar-refractivity contribution < 1.29 is 4.79 Å². The van der Waals surface area contributed by atoms with Crippen LogP contribution in [0, 0.1) is 5.92 Å². The molecule has 1 atom stereocenters. The molecule has 0 fully saturated rings. The summed E-state index contributed by atoms with van der Waals surface area (Å²) in [5.41, 5.74) is 5.52. The third-order valence-electron chi connectivity index (χ3n) is 1.74. The molecule has 3 N–H and O–H groups in total. The first kappa shape index (κ1) is 12.2. The number of nitrogens with two attached hydrogens (primary N) is 1. The largest absolute Gasteiger partial charge is 0.352 e. The van der Waals surface area contributed by atoms with Crippen LogP contribution in [-0.4, -0.2) is 18.5 Å². The Balaban J connectivity index is 3.82. The molecule has 0 heterocycles. The van der Waals surface area contributed by atoms with E-state index in [9.17, 15) is 4.79 Å². The molecule has 76 valence electrons. The molecule has 0 rings (SSSR count). The van der Waals surface area contributed by atoms with Gasteiger partial charge in [0.2, 0.25) is 5.91 Å². The second kappa shape index (κ2) is 6.66. The van der Waals surface area contributed by atoms with Gasteiger partial charge in [0.25, 0.3) is 0 Å². The van der Waals surface area contributed by atoms with E-state index in [4.69, 9.17) is 5.73 Å². The van der Waals surface area contributed by atoms with Gasteiger partial charge in [-0.2, -0.15) is 0 Å². The summed E-state index contributed by atoms with van der Waals surface area (Å²) in [5, 5.41) is 2.86. The van der Waals surface area contributed by atoms with Crippen LogP contribution in [0.1, 0.15) is 26.7 Å². The lowest BCUT2D eigenvalue weighted by Crippen LogP contribution is -2.40. The van der Waals surface area contributed by atoms with E-state index < -0.39 is 0 Å². The number of amides is 1. The molecule has 0 aliphatic heterocycles. The van der Waals surface area contributed by atoms with Gasteiger partial charge in [0.15, 0.2) is 0 Å². The van der Waals surface area contributed by atoms with Crippen LogP contribution < -0.4 is 11.1 Å². The standard InChI is InChI=1S/C10H20N2O/c1-4-5-10(13)12-9(7-11)6-8(2)3/h4,8-9H,1,5-7,11H2,2-3H3,(H,12,13). The van der Waals surface area contributed by atoms with Gasteiger partial charge in [-0.3, -0.25) is 4.79 Å². The number of hydrogen-bond acceptors (Lipinski definition) is 2. The first-order chi connectivity index (χ1) is 6.10. The summed E-state index contributed by atoms with van der Waals surface area (Å²) < 4.78 is 0. The van der Waals surface area contributed by atoms with Gasteiger partial charge in [0.05, 0.1) is 0 Å². The van der Waals surface area contributed by atoms with Gasteiger partial charge in [-0.1, -0.05) is 19.9 Å². The van der Waals surface area contributed by atoms with Crippen molar-refractivity contribution in [3.05, 3.63) is 12.7 Å². The van der Waals surface area contributed by atoms with Crippen molar-refractivity contribution in [2.24, 2.45) is 11.7 Å². The Kier molecular flexibility index (Phi) is 6.24. The molecule has 0 aliphatic rings. The first-order valence-electron chi connectivity index (χ1n) is 4.70. The van der Waals surface area contributed by atoms with Crippen LogP contribution in [-0.2, 0) is 4.79 Å². The fourth-order valence-corrected chi connectivity index (χ4v) is 1.20. The van der Waals surface area contributed by atoms with E-state index in [1.165, 1.54) is 0 Å². The molecule has 3 heteroatoms. The molecule has 0 aliphatic carbocycles. The predicted octanol–water partition coefficient (Wildman–Crippen LogP) is 1.05. The zero-order chi connectivity index (χ0) is 10.3. The molecule has 1 unspecified atom stereocenters. The minimum absolute atomic E-state index is 0.00565. The van der Waals surface area contributed by atoms with E-state index in [0.29, 0.717) is 18.9 Å². The summed E-state index contributed by atoms with van der Waals surface area (Å²) in [5.74, 6) is 0.559. The van der Waals surface area contributed by atoms with Gasteiger partial charge >= 0.3 is 0 Å². The summed E-state index contributed by atoms with van der Waals surface area (Å²) in [6.07, 6.45) is 2.90. The van der Waals surface area contributed by atoms with Gasteiger partial charge in [-0.15, -0.1) is 6.58 Å². The minimum atomic E-state index is 0.00565. The summed E-state index contributed by atoms with van der Waals surface area (Å²) in [6, 6.07) is 0.104. The second-order valence-corrected chi connectivity index (χ2v) is 3.62. The molecule has 0 bridgehead atoms. The van der Waals surface area contributed by atoms with E-state index in [-0.39, 0.29) is 11.9 Å². The highest BCUT2D eigenvalue weighted by atomic mass is 16.1. The molecule has 0 spiro atoms. The topological polar surface area (TPSA) is 55.1 Å². The predicted molar refractivity (Wildman–Crippen MR) is 55.3 cm³/mol. The Bertz CT molecular complexity index is 166. The highest BCUT2D eigenvalue weighted by Gasteiger charge is 2.10. The smallest absolute Gasteiger partial charge is 0.224 e. The van der Waals surface area contributed by atoms with Gasteiger partial charge in [-0.25, -0.2) is 0 Å². The lowest BCUT2D eigenvalue weighted by atomic mass is 10.0. The van der Waals surface area contributed by atoms with Crippen LogP contribution in [0.15, 0.2) is 12.7 Å². The van der Waals surface area contributed by atoms with Crippen molar-refractivity contribution in [2.75, 3.05) is 6.54 Å². The molecule has 13 heavy (non-hydrogen) atoms. The van der Waals surface area contributed by atoms with Crippen LogP contribution in [0.4, 0.5) is 0 Å². The van der Waals surface area contributed by atoms with Crippen LogP contribution in [0.2, 0.25) is 0 Å². The number of nitrogens with one attached hydrogen (secondary N) is 1. The van der Waals surface area contributed by atoms with E-state index in [1.54, 1.807) is 6.08 Å². The minimum Gasteiger partial charge on any atom is -0.352 e. The van der Waals surface area contributed by atoms with Gasteiger partial charge in [0.1, 0.15) is 0 Å². The lowest BCUT2D eigenvalue weighted by molar-refractivity contribution is -0.121. The zero-order valence-corrected chi connectivity index (χ0v) is 8.55. The molecule has 0 aromatic carbocycles. The molecular formula is C10H20N2O. The Labute approximate surface area is 80.4 Å². The fourth-order valence-electron chi connectivity index (χ4n) is 1.20. The Morgan fingerprint density at radius 3 is 2.62 bits per heavy atom. The Hall–Kier alpha value is -0.830. The summed E-state index contributed by atoms with van der Waals surface area (Å²) in [7, 11) is 0. The fraction of sp³-hybridized carbons (Fsp3) is 0.700. The average molecular weight is 184 g/mol. The normalized spacial score (nSPS) is 12.6. The van der Waals surface area contributed by atoms with E-state index in [1.807, 2.05) is 0 Å². The maximum atomic E-state index is 11.2. The van der Waals surface area contributed by atoms with Crippen molar-refractivity contribution >= 4 is 5.91 Å². The van der Waals surface area contributed by atoms with E-state index in [0.717, 1.165) is 6.42 Å². The molecule has 1 amide bonds. The third kappa shape index (κ3) is 6.34. The van der Waals surface area contributed by atoms with Crippen molar-refractivity contribution in [1.29, 1.82) is 0 Å². The quantitative estimate of drug-likeness (QED) is 0.606. The highest BCUT2D eigenvalue weighted by Crippen LogP contribution is 2.03. The van der Waals surface area contributed by atoms with Gasteiger partial charge in [-0.05, 0) is 12.3 Å². The second-order valence-electron chi connectivity index (χ2n) is 3.62. The zero-order valence-electron chi connectivity index (χ0n) is 8.55. The molecular weight excluding hydrogens is 164 g/mol. The average Bonchev–Trinajstić information content (AvgIpc) is 2.02. The molecule has 0 aromatic heterocycles. The van der Waals surface area contributed by atoms with Gasteiger partial charge < -0.3 is 11.1 Å². The van der Waals surface area contributed by atoms with Crippen molar-refractivity contribution in [3.8, 4) is 0 Å². The van der Waals surface area contributed by atoms with Crippen LogP contribution in [0.3, 0.4) is 0 Å². The van der Waals surface area contributed by atoms with Crippen LogP contribution in [0.5, 0.6) is 0 Å². The van der Waals surface area contributed by atoms with Crippen LogP contribution >= 0.6 is 0 Å². The summed E-state index contributed by atoms with van der Waals surface area (Å²) in [4.78, 5) is 11.2. The monoisotopic (exact) mass is 184 g/mol. The van der Waals surface area contributed by atoms with Crippen LogP contribution in [0.25, 0.3) is 0 Å². The van der Waals surface area contributed by atoms with Gasteiger partial charge in [0, 0.05) is 19.0 Å². The molecule has 0 saturated heterocycles. The van der Waals surface area contributed by atoms with Crippen molar-refractivity contribution in [1.82, 2.24) is 5.32 Å². The number of hydrogen-bond donors (Lipinski definition) is 2. The molecule has 3 nitrogen and oxygen atoms in total. The molecule has 0 aromatic rings. The SMILES string of the molecule is C=CCC(=O)NC(CN)CC(C)C. The first-order valence-corrected chi connectivity index (χ1v) is 4.70. The van der Waals surface area contributed by atoms with Crippen molar-refractivity contribution in [3.63, 3.8) is 0 Å². The summed E-state index contributed by atoms with van der Waals surface area (Å²) >= 11 is 0. The molecule has 0 saturated carbocycles. The number of carbonyl (C=O) groups excluding carboxylic acids is 1. The Morgan fingerprint density at radius 2 is 2.23 bits per heavy atom. The molecule has 0 radical (unpaired) electrons. The lowest BCUT2D eigenvalue weighted by Gasteiger charge is -2.18. The highest BCUT2D eigenvalue weighted by molar-refractivity contribution is 5.77. The third-order valence-corrected chi connectivity index (χ3v) is 1.74. The maximum Gasteiger partial charge on any atom is 0.224 e. The van der Waals surface area contributed by atoms with E-state index >= 15 is 0 Å². The number of carbonyl (C=O) groups is 1. The van der Waals surface area contributed by atoms with Crippen molar-refractivity contribution in [2.45, 2.75) is 32.7 Å². The van der Waals surface area contributed by atoms with E-state index in [2.05, 4.69) is 25.7 Å². The maximum absolute atomic E-state index is 11.2. The summed E-state index contributed by atoms with van der Waals surface area (Å²) in [6.45, 7) is 8.23.